The molecule has 1 unspecified atom stereocenters. The minimum absolute atomic E-state index is 0.0442. The van der Waals surface area contributed by atoms with E-state index in [2.05, 4.69) is 5.32 Å². The number of hydrogen-bond donors (Lipinski definition) is 1. The van der Waals surface area contributed by atoms with Crippen molar-refractivity contribution in [2.24, 2.45) is 0 Å². The third-order valence-electron chi connectivity index (χ3n) is 4.57. The molecule has 0 saturated heterocycles. The number of carbonyl (C=O) groups is 1. The molecule has 1 aliphatic rings. The predicted molar refractivity (Wildman–Crippen MR) is 108 cm³/mol. The molecule has 3 rings (SSSR count). The fraction of sp³-hybridized carbons (Fsp3) is 0.350. The van der Waals surface area contributed by atoms with E-state index in [1.807, 2.05) is 6.07 Å². The van der Waals surface area contributed by atoms with Gasteiger partial charge in [-0.15, -0.1) is 0 Å². The van der Waals surface area contributed by atoms with Crippen LogP contribution in [0.5, 0.6) is 17.2 Å². The van der Waals surface area contributed by atoms with Gasteiger partial charge in [-0.25, -0.2) is 8.42 Å². The van der Waals surface area contributed by atoms with Crippen molar-refractivity contribution >= 4 is 21.6 Å². The first-order valence-corrected chi connectivity index (χ1v) is 10.7. The summed E-state index contributed by atoms with van der Waals surface area (Å²) in [6, 6.07) is 11.4. The fourth-order valence-electron chi connectivity index (χ4n) is 3.02. The molecule has 9 heteroatoms. The largest absolute Gasteiger partial charge is 0.495 e. The van der Waals surface area contributed by atoms with E-state index < -0.39 is 22.0 Å². The first-order chi connectivity index (χ1) is 13.9. The average Bonchev–Trinajstić information content (AvgIpc) is 2.74. The number of benzene rings is 2. The number of ether oxygens (including phenoxy) is 3. The van der Waals surface area contributed by atoms with Gasteiger partial charge >= 0.3 is 0 Å². The summed E-state index contributed by atoms with van der Waals surface area (Å²) < 4.78 is 43.5. The number of sulfonamides is 1. The van der Waals surface area contributed by atoms with E-state index in [-0.39, 0.29) is 17.2 Å². The Hall–Kier alpha value is -2.78. The van der Waals surface area contributed by atoms with Crippen LogP contribution in [0.25, 0.3) is 0 Å². The molecule has 1 amide bonds. The van der Waals surface area contributed by atoms with Crippen LogP contribution >= 0.6 is 0 Å². The Labute approximate surface area is 170 Å². The Morgan fingerprint density at radius 3 is 2.52 bits per heavy atom. The summed E-state index contributed by atoms with van der Waals surface area (Å²) in [5.41, 5.74) is 0.244. The zero-order valence-electron chi connectivity index (χ0n) is 16.5. The second kappa shape index (κ2) is 8.71. The maximum Gasteiger partial charge on any atom is 0.269 e. The maximum absolute atomic E-state index is 12.8. The SMILES string of the molecule is CCN(CC)S(=O)(=O)c1ccc(OC)c(NC(=O)C2COc3ccccc3O2)c1. The van der Waals surface area contributed by atoms with Crippen molar-refractivity contribution in [2.75, 3.05) is 32.1 Å². The van der Waals surface area contributed by atoms with Gasteiger partial charge < -0.3 is 19.5 Å². The number of carbonyl (C=O) groups excluding carboxylic acids is 1. The molecule has 8 nitrogen and oxygen atoms in total. The Bertz CT molecular complexity index is 988. The second-order valence-electron chi connectivity index (χ2n) is 6.30. The Kier molecular flexibility index (Phi) is 6.29. The zero-order chi connectivity index (χ0) is 21.0. The van der Waals surface area contributed by atoms with Gasteiger partial charge in [-0.2, -0.15) is 4.31 Å². The summed E-state index contributed by atoms with van der Waals surface area (Å²) in [6.45, 7) is 4.28. The van der Waals surface area contributed by atoms with E-state index in [1.54, 1.807) is 32.0 Å². The highest BCUT2D eigenvalue weighted by molar-refractivity contribution is 7.89. The number of nitrogens with one attached hydrogen (secondary N) is 1. The third-order valence-corrected chi connectivity index (χ3v) is 6.62. The monoisotopic (exact) mass is 420 g/mol. The Morgan fingerprint density at radius 1 is 1.17 bits per heavy atom. The molecule has 0 bridgehead atoms. The molecule has 1 aliphatic heterocycles. The quantitative estimate of drug-likeness (QED) is 0.740. The number of amides is 1. The molecule has 1 N–H and O–H groups in total. The van der Waals surface area contributed by atoms with Gasteiger partial charge in [0.05, 0.1) is 17.7 Å². The Morgan fingerprint density at radius 2 is 1.86 bits per heavy atom. The number of fused-ring (bicyclic) bond motifs is 1. The van der Waals surface area contributed by atoms with Crippen molar-refractivity contribution in [1.82, 2.24) is 4.31 Å². The highest BCUT2D eigenvalue weighted by Crippen LogP contribution is 2.32. The van der Waals surface area contributed by atoms with Crippen LogP contribution in [0.15, 0.2) is 47.4 Å². The number of anilines is 1. The summed E-state index contributed by atoms with van der Waals surface area (Å²) in [5.74, 6) is 0.925. The van der Waals surface area contributed by atoms with Crippen molar-refractivity contribution in [1.29, 1.82) is 0 Å². The van der Waals surface area contributed by atoms with Crippen molar-refractivity contribution in [3.8, 4) is 17.2 Å². The van der Waals surface area contributed by atoms with Crippen LogP contribution < -0.4 is 19.5 Å². The first kappa shape index (κ1) is 20.9. The van der Waals surface area contributed by atoms with Gasteiger partial charge in [-0.05, 0) is 30.3 Å². The summed E-state index contributed by atoms with van der Waals surface area (Å²) in [5, 5.41) is 2.70. The van der Waals surface area contributed by atoms with Crippen LogP contribution in [0.1, 0.15) is 13.8 Å². The van der Waals surface area contributed by atoms with Gasteiger partial charge in [-0.3, -0.25) is 4.79 Å². The van der Waals surface area contributed by atoms with Crippen molar-refractivity contribution < 1.29 is 27.4 Å². The van der Waals surface area contributed by atoms with E-state index >= 15 is 0 Å². The minimum Gasteiger partial charge on any atom is -0.495 e. The van der Waals surface area contributed by atoms with E-state index in [4.69, 9.17) is 14.2 Å². The van der Waals surface area contributed by atoms with Gasteiger partial charge in [0.25, 0.3) is 5.91 Å². The molecule has 0 aromatic heterocycles. The maximum atomic E-state index is 12.8. The lowest BCUT2D eigenvalue weighted by Crippen LogP contribution is -2.40. The molecule has 156 valence electrons. The average molecular weight is 420 g/mol. The van der Waals surface area contributed by atoms with Crippen LogP contribution in [0.4, 0.5) is 5.69 Å². The van der Waals surface area contributed by atoms with Gasteiger partial charge in [0.15, 0.2) is 11.5 Å². The minimum atomic E-state index is -3.68. The number of para-hydroxylation sites is 2. The first-order valence-electron chi connectivity index (χ1n) is 9.28. The standard InChI is InChI=1S/C20H24N2O6S/c1-4-22(5-2)29(24,25)14-10-11-16(26-3)15(12-14)21-20(23)19-13-27-17-8-6-7-9-18(17)28-19/h6-12,19H,4-5,13H2,1-3H3,(H,21,23). The van der Waals surface area contributed by atoms with E-state index in [0.29, 0.717) is 30.3 Å². The molecular weight excluding hydrogens is 396 g/mol. The highest BCUT2D eigenvalue weighted by atomic mass is 32.2. The highest BCUT2D eigenvalue weighted by Gasteiger charge is 2.29. The van der Waals surface area contributed by atoms with Crippen LogP contribution in [-0.2, 0) is 14.8 Å². The van der Waals surface area contributed by atoms with Crippen molar-refractivity contribution in [3.63, 3.8) is 0 Å². The number of hydrogen-bond acceptors (Lipinski definition) is 6. The van der Waals surface area contributed by atoms with Crippen LogP contribution in [0.3, 0.4) is 0 Å². The molecule has 0 spiro atoms. The van der Waals surface area contributed by atoms with Gasteiger partial charge in [0.1, 0.15) is 12.4 Å². The van der Waals surface area contributed by atoms with Gasteiger partial charge in [-0.1, -0.05) is 26.0 Å². The Balaban J connectivity index is 1.84. The van der Waals surface area contributed by atoms with E-state index in [1.165, 1.54) is 29.6 Å². The number of rotatable bonds is 7. The summed E-state index contributed by atoms with van der Waals surface area (Å²) >= 11 is 0. The zero-order valence-corrected chi connectivity index (χ0v) is 17.4. The van der Waals surface area contributed by atoms with Crippen molar-refractivity contribution in [2.45, 2.75) is 24.8 Å². The third kappa shape index (κ3) is 4.30. The molecule has 0 radical (unpaired) electrons. The molecular formula is C20H24N2O6S. The lowest BCUT2D eigenvalue weighted by Gasteiger charge is -2.26. The van der Waals surface area contributed by atoms with E-state index in [9.17, 15) is 13.2 Å². The predicted octanol–water partition coefficient (Wildman–Crippen LogP) is 2.50. The lowest BCUT2D eigenvalue weighted by atomic mass is 10.2. The summed E-state index contributed by atoms with van der Waals surface area (Å²) in [4.78, 5) is 12.8. The van der Waals surface area contributed by atoms with Crippen LogP contribution in [0, 0.1) is 0 Å². The molecule has 0 aliphatic carbocycles. The molecule has 29 heavy (non-hydrogen) atoms. The van der Waals surface area contributed by atoms with Crippen molar-refractivity contribution in [3.05, 3.63) is 42.5 Å². The number of nitrogens with zero attached hydrogens (tertiary/aromatic N) is 1. The normalized spacial score (nSPS) is 15.8. The number of methoxy groups -OCH3 is 1. The fourth-order valence-corrected chi connectivity index (χ4v) is 4.50. The summed E-state index contributed by atoms with van der Waals surface area (Å²) in [6.07, 6.45) is -0.877. The lowest BCUT2D eigenvalue weighted by molar-refractivity contribution is -0.125. The molecule has 1 heterocycles. The molecule has 1 atom stereocenters. The van der Waals surface area contributed by atoms with Crippen LogP contribution in [-0.4, -0.2) is 51.5 Å². The summed E-state index contributed by atoms with van der Waals surface area (Å²) in [7, 11) is -2.23. The molecule has 0 saturated carbocycles. The molecule has 2 aromatic carbocycles. The molecule has 0 fully saturated rings. The topological polar surface area (TPSA) is 94.2 Å². The van der Waals surface area contributed by atoms with E-state index in [0.717, 1.165) is 0 Å². The van der Waals surface area contributed by atoms with Gasteiger partial charge in [0, 0.05) is 13.1 Å². The van der Waals surface area contributed by atoms with Gasteiger partial charge in [0.2, 0.25) is 16.1 Å². The molecule has 2 aromatic rings. The smallest absolute Gasteiger partial charge is 0.269 e. The van der Waals surface area contributed by atoms with Crippen LogP contribution in [0.2, 0.25) is 0 Å². The second-order valence-corrected chi connectivity index (χ2v) is 8.24.